The van der Waals surface area contributed by atoms with E-state index in [0.717, 1.165) is 29.1 Å². The molecule has 1 aromatic heterocycles. The Kier molecular flexibility index (Phi) is 3.92. The monoisotopic (exact) mass is 263 g/mol. The molecule has 0 aliphatic carbocycles. The first-order chi connectivity index (χ1) is 8.65. The van der Waals surface area contributed by atoms with Crippen molar-refractivity contribution in [2.24, 2.45) is 0 Å². The Morgan fingerprint density at radius 3 is 2.39 bits per heavy atom. The lowest BCUT2D eigenvalue weighted by Gasteiger charge is -2.12. The number of benzene rings is 1. The van der Waals surface area contributed by atoms with Crippen molar-refractivity contribution >= 4 is 17.3 Å². The van der Waals surface area contributed by atoms with Crippen molar-refractivity contribution in [2.45, 2.75) is 32.7 Å². The van der Waals surface area contributed by atoms with Crippen LogP contribution in [-0.2, 0) is 0 Å². The highest BCUT2D eigenvalue weighted by Gasteiger charge is 2.13. The Bertz CT molecular complexity index is 512. The van der Waals surface area contributed by atoms with Gasteiger partial charge in [-0.15, -0.1) is 0 Å². The minimum atomic E-state index is 0.411. The molecule has 2 aromatic rings. The number of rotatable bonds is 4. The van der Waals surface area contributed by atoms with E-state index >= 15 is 0 Å². The molecule has 0 atom stereocenters. The van der Waals surface area contributed by atoms with Gasteiger partial charge in [0.15, 0.2) is 0 Å². The largest absolute Gasteiger partial charge is 0.396 e. The molecule has 2 rings (SSSR count). The molecule has 18 heavy (non-hydrogen) atoms. The van der Waals surface area contributed by atoms with Crippen LogP contribution in [0.1, 0.15) is 32.7 Å². The Hall–Kier alpha value is -1.48. The summed E-state index contributed by atoms with van der Waals surface area (Å²) in [4.78, 5) is 0. The zero-order chi connectivity index (χ0) is 13.1. The summed E-state index contributed by atoms with van der Waals surface area (Å²) in [5.41, 5.74) is 8.59. The van der Waals surface area contributed by atoms with Gasteiger partial charge in [0.1, 0.15) is 5.69 Å². The lowest BCUT2D eigenvalue weighted by atomic mass is 10.1. The maximum atomic E-state index is 6.04. The lowest BCUT2D eigenvalue weighted by Crippen LogP contribution is -2.07. The third kappa shape index (κ3) is 2.51. The van der Waals surface area contributed by atoms with Crippen molar-refractivity contribution in [3.63, 3.8) is 0 Å². The van der Waals surface area contributed by atoms with E-state index < -0.39 is 0 Å². The molecule has 96 valence electrons. The summed E-state index contributed by atoms with van der Waals surface area (Å²) in [6, 6.07) is 8.00. The smallest absolute Gasteiger partial charge is 0.115 e. The van der Waals surface area contributed by atoms with Crippen molar-refractivity contribution in [1.82, 2.24) is 9.78 Å². The maximum Gasteiger partial charge on any atom is 0.115 e. The maximum absolute atomic E-state index is 6.04. The van der Waals surface area contributed by atoms with Gasteiger partial charge >= 0.3 is 0 Å². The Labute approximate surface area is 113 Å². The van der Waals surface area contributed by atoms with Gasteiger partial charge in [-0.3, -0.25) is 4.68 Å². The first kappa shape index (κ1) is 13.0. The Balaban J connectivity index is 2.37. The van der Waals surface area contributed by atoms with Crippen molar-refractivity contribution in [1.29, 1.82) is 0 Å². The second-order valence-electron chi connectivity index (χ2n) is 4.39. The number of hydrogen-bond donors (Lipinski definition) is 1. The molecule has 1 heterocycles. The van der Waals surface area contributed by atoms with E-state index in [1.165, 1.54) is 0 Å². The predicted molar refractivity (Wildman–Crippen MR) is 76.7 cm³/mol. The van der Waals surface area contributed by atoms with Gasteiger partial charge in [-0.05, 0) is 25.0 Å². The fourth-order valence-corrected chi connectivity index (χ4v) is 2.21. The third-order valence-electron chi connectivity index (χ3n) is 3.19. The molecule has 1 aromatic carbocycles. The quantitative estimate of drug-likeness (QED) is 0.901. The molecule has 0 saturated carbocycles. The van der Waals surface area contributed by atoms with E-state index in [1.807, 2.05) is 35.1 Å². The van der Waals surface area contributed by atoms with Crippen LogP contribution in [0.5, 0.6) is 0 Å². The van der Waals surface area contributed by atoms with Gasteiger partial charge in [0.2, 0.25) is 0 Å². The minimum absolute atomic E-state index is 0.411. The summed E-state index contributed by atoms with van der Waals surface area (Å²) in [6.07, 6.45) is 4.02. The molecule has 4 heteroatoms. The molecule has 0 spiro atoms. The Morgan fingerprint density at radius 1 is 1.22 bits per heavy atom. The third-order valence-corrected chi connectivity index (χ3v) is 3.45. The van der Waals surface area contributed by atoms with Crippen LogP contribution in [0, 0.1) is 0 Å². The fraction of sp³-hybridized carbons (Fsp3) is 0.357. The van der Waals surface area contributed by atoms with Gasteiger partial charge in [0.25, 0.3) is 0 Å². The molecule has 0 aliphatic heterocycles. The average Bonchev–Trinajstić information content (AvgIpc) is 2.74. The number of nitrogens with two attached hydrogens (primary N) is 1. The van der Waals surface area contributed by atoms with Crippen molar-refractivity contribution < 1.29 is 0 Å². The van der Waals surface area contributed by atoms with Crippen LogP contribution in [0.2, 0.25) is 5.02 Å². The van der Waals surface area contributed by atoms with Gasteiger partial charge < -0.3 is 5.73 Å². The van der Waals surface area contributed by atoms with Gasteiger partial charge in [-0.1, -0.05) is 37.6 Å². The highest BCUT2D eigenvalue weighted by molar-refractivity contribution is 6.30. The van der Waals surface area contributed by atoms with E-state index in [2.05, 4.69) is 18.9 Å². The number of nitrogens with zero attached hydrogens (tertiary/aromatic N) is 2. The van der Waals surface area contributed by atoms with Crippen LogP contribution >= 0.6 is 11.6 Å². The van der Waals surface area contributed by atoms with Crippen LogP contribution in [-0.4, -0.2) is 9.78 Å². The summed E-state index contributed by atoms with van der Waals surface area (Å²) < 4.78 is 1.97. The van der Waals surface area contributed by atoms with E-state index in [0.29, 0.717) is 11.7 Å². The number of hydrogen-bond acceptors (Lipinski definition) is 2. The number of halogens is 1. The number of aromatic nitrogens is 2. The number of nitrogen functional groups attached to an aromatic ring is 1. The average molecular weight is 264 g/mol. The highest BCUT2D eigenvalue weighted by Crippen LogP contribution is 2.27. The molecular weight excluding hydrogens is 246 g/mol. The molecule has 0 saturated heterocycles. The van der Waals surface area contributed by atoms with Crippen LogP contribution < -0.4 is 5.73 Å². The molecule has 0 unspecified atom stereocenters. The van der Waals surface area contributed by atoms with Gasteiger partial charge in [-0.2, -0.15) is 5.10 Å². The van der Waals surface area contributed by atoms with Crippen LogP contribution in [0.25, 0.3) is 11.3 Å². The van der Waals surface area contributed by atoms with Crippen molar-refractivity contribution in [3.05, 3.63) is 35.5 Å². The van der Waals surface area contributed by atoms with Gasteiger partial charge in [0.05, 0.1) is 11.7 Å². The molecule has 2 N–H and O–H groups in total. The van der Waals surface area contributed by atoms with E-state index in [1.54, 1.807) is 0 Å². The topological polar surface area (TPSA) is 43.8 Å². The predicted octanol–water partition coefficient (Wildman–Crippen LogP) is 4.15. The van der Waals surface area contributed by atoms with Crippen molar-refractivity contribution in [2.75, 3.05) is 5.73 Å². The second kappa shape index (κ2) is 5.44. The first-order valence-electron chi connectivity index (χ1n) is 6.26. The zero-order valence-corrected chi connectivity index (χ0v) is 11.5. The van der Waals surface area contributed by atoms with E-state index in [-0.39, 0.29) is 0 Å². The standard InChI is InChI=1S/C14H18ClN3/c1-3-12(4-2)18-9-13(16)14(17-18)10-5-7-11(15)8-6-10/h5-9,12H,3-4,16H2,1-2H3. The fourth-order valence-electron chi connectivity index (χ4n) is 2.09. The second-order valence-corrected chi connectivity index (χ2v) is 4.83. The molecule has 0 radical (unpaired) electrons. The summed E-state index contributed by atoms with van der Waals surface area (Å²) in [7, 11) is 0. The molecule has 0 amide bonds. The summed E-state index contributed by atoms with van der Waals surface area (Å²) in [5.74, 6) is 0. The highest BCUT2D eigenvalue weighted by atomic mass is 35.5. The first-order valence-corrected chi connectivity index (χ1v) is 6.64. The van der Waals surface area contributed by atoms with Crippen LogP contribution in [0.4, 0.5) is 5.69 Å². The Morgan fingerprint density at radius 2 is 1.83 bits per heavy atom. The number of anilines is 1. The molecule has 0 fully saturated rings. The molecule has 3 nitrogen and oxygen atoms in total. The van der Waals surface area contributed by atoms with Crippen molar-refractivity contribution in [3.8, 4) is 11.3 Å². The summed E-state index contributed by atoms with van der Waals surface area (Å²) in [5, 5.41) is 5.32. The molecule has 0 bridgehead atoms. The van der Waals surface area contributed by atoms with Gasteiger partial charge in [-0.25, -0.2) is 0 Å². The van der Waals surface area contributed by atoms with Gasteiger partial charge in [0, 0.05) is 16.8 Å². The van der Waals surface area contributed by atoms with E-state index in [9.17, 15) is 0 Å². The lowest BCUT2D eigenvalue weighted by molar-refractivity contribution is 0.429. The summed E-state index contributed by atoms with van der Waals surface area (Å²) in [6.45, 7) is 4.32. The summed E-state index contributed by atoms with van der Waals surface area (Å²) >= 11 is 5.88. The van der Waals surface area contributed by atoms with Crippen LogP contribution in [0.3, 0.4) is 0 Å². The molecular formula is C14H18ClN3. The van der Waals surface area contributed by atoms with Crippen LogP contribution in [0.15, 0.2) is 30.5 Å². The van der Waals surface area contributed by atoms with E-state index in [4.69, 9.17) is 17.3 Å². The SMILES string of the molecule is CCC(CC)n1cc(N)c(-c2ccc(Cl)cc2)n1. The zero-order valence-electron chi connectivity index (χ0n) is 10.7. The molecule has 0 aliphatic rings. The minimum Gasteiger partial charge on any atom is -0.396 e. The normalized spacial score (nSPS) is 11.1.